The molecule has 2 rings (SSSR count). The van der Waals surface area contributed by atoms with E-state index in [1.807, 2.05) is 46.8 Å². The van der Waals surface area contributed by atoms with Crippen LogP contribution in [0.1, 0.15) is 37.5 Å². The van der Waals surface area contributed by atoms with Crippen molar-refractivity contribution in [1.29, 1.82) is 0 Å². The molecule has 0 spiro atoms. The zero-order chi connectivity index (χ0) is 23.1. The molecule has 0 bridgehead atoms. The molecule has 0 saturated heterocycles. The summed E-state index contributed by atoms with van der Waals surface area (Å²) >= 11 is 0. The van der Waals surface area contributed by atoms with Gasteiger partial charge < -0.3 is 20.9 Å². The minimum atomic E-state index is -0.391. The van der Waals surface area contributed by atoms with Gasteiger partial charge in [-0.3, -0.25) is 14.4 Å². The third kappa shape index (κ3) is 6.93. The molecule has 0 aliphatic heterocycles. The Balaban J connectivity index is 1.98. The molecule has 0 saturated carbocycles. The zero-order valence-corrected chi connectivity index (χ0v) is 19.2. The van der Waals surface area contributed by atoms with E-state index in [2.05, 4.69) is 16.0 Å². The summed E-state index contributed by atoms with van der Waals surface area (Å²) in [5.74, 6) is -0.437. The van der Waals surface area contributed by atoms with Gasteiger partial charge in [0.05, 0.1) is 6.54 Å². The van der Waals surface area contributed by atoms with E-state index in [1.165, 1.54) is 6.92 Å². The van der Waals surface area contributed by atoms with Crippen LogP contribution in [0.2, 0.25) is 0 Å². The lowest BCUT2D eigenvalue weighted by Gasteiger charge is -2.24. The molecular formula is C24H33N4O3+. The van der Waals surface area contributed by atoms with Crippen molar-refractivity contribution in [3.8, 4) is 0 Å². The maximum atomic E-state index is 12.9. The molecule has 0 aromatic heterocycles. The lowest BCUT2D eigenvalue weighted by molar-refractivity contribution is -0.904. The fraction of sp³-hybridized carbons (Fsp3) is 0.375. The average Bonchev–Trinajstić information content (AvgIpc) is 2.69. The van der Waals surface area contributed by atoms with Crippen LogP contribution in [0.3, 0.4) is 0 Å². The Morgan fingerprint density at radius 2 is 1.42 bits per heavy atom. The first kappa shape index (κ1) is 24.1. The number of anilines is 3. The number of likely N-dealkylation sites (N-methyl/N-ethyl adjacent to an activating group) is 1. The highest BCUT2D eigenvalue weighted by molar-refractivity contribution is 5.96. The summed E-state index contributed by atoms with van der Waals surface area (Å²) in [4.78, 5) is 37.4. The smallest absolute Gasteiger partial charge is 0.282 e. The van der Waals surface area contributed by atoms with Crippen LogP contribution in [0.4, 0.5) is 17.1 Å². The molecule has 0 aliphatic carbocycles. The fourth-order valence-electron chi connectivity index (χ4n) is 3.63. The van der Waals surface area contributed by atoms with E-state index in [1.54, 1.807) is 24.3 Å². The lowest BCUT2D eigenvalue weighted by Crippen LogP contribution is -3.17. The highest BCUT2D eigenvalue weighted by atomic mass is 16.2. The third-order valence-corrected chi connectivity index (χ3v) is 5.26. The highest BCUT2D eigenvalue weighted by Crippen LogP contribution is 2.22. The molecule has 0 fully saturated rings. The van der Waals surface area contributed by atoms with Gasteiger partial charge in [-0.2, -0.15) is 0 Å². The molecule has 2 atom stereocenters. The first-order valence-electron chi connectivity index (χ1n) is 10.5. The van der Waals surface area contributed by atoms with Crippen LogP contribution in [0, 0.1) is 20.8 Å². The number of hydrogen-bond acceptors (Lipinski definition) is 3. The molecule has 3 amide bonds. The summed E-state index contributed by atoms with van der Waals surface area (Å²) in [6, 6.07) is 10.6. The summed E-state index contributed by atoms with van der Waals surface area (Å²) in [6.45, 7) is 12.0. The summed E-state index contributed by atoms with van der Waals surface area (Å²) in [6.07, 6.45) is 0. The van der Waals surface area contributed by atoms with Crippen molar-refractivity contribution >= 4 is 34.8 Å². The van der Waals surface area contributed by atoms with Crippen LogP contribution in [-0.4, -0.2) is 36.9 Å². The number of amides is 3. The summed E-state index contributed by atoms with van der Waals surface area (Å²) < 4.78 is 0. The number of quaternary nitrogens is 1. The first-order valence-corrected chi connectivity index (χ1v) is 10.5. The molecule has 4 N–H and O–H groups in total. The highest BCUT2D eigenvalue weighted by Gasteiger charge is 2.26. The standard InChI is InChI=1S/C24H32N4O3/c1-7-28(14-22(30)26-21-10-8-20(9-11-21)25-19(6)29)18(5)24(31)27-23-16(3)12-15(2)13-17(23)4/h8-13,18H,7,14H2,1-6H3,(H,25,29)(H,26,30)(H,27,31)/p+1/t18-/m0/s1. The van der Waals surface area contributed by atoms with Crippen molar-refractivity contribution in [2.24, 2.45) is 0 Å². The Labute approximate surface area is 184 Å². The van der Waals surface area contributed by atoms with Gasteiger partial charge in [0.2, 0.25) is 5.91 Å². The average molecular weight is 426 g/mol. The van der Waals surface area contributed by atoms with Gasteiger partial charge in [-0.15, -0.1) is 0 Å². The molecule has 0 aliphatic rings. The quantitative estimate of drug-likeness (QED) is 0.524. The molecule has 2 aromatic rings. The Hall–Kier alpha value is -3.19. The predicted molar refractivity (Wildman–Crippen MR) is 124 cm³/mol. The number of carbonyl (C=O) groups excluding carboxylic acids is 3. The number of nitrogens with one attached hydrogen (secondary N) is 4. The van der Waals surface area contributed by atoms with Crippen molar-refractivity contribution in [2.45, 2.75) is 47.6 Å². The molecule has 31 heavy (non-hydrogen) atoms. The van der Waals surface area contributed by atoms with Gasteiger partial charge in [0, 0.05) is 24.0 Å². The Bertz CT molecular complexity index is 931. The zero-order valence-electron chi connectivity index (χ0n) is 19.2. The SMILES string of the molecule is CC[NH+](CC(=O)Nc1ccc(NC(C)=O)cc1)[C@@H](C)C(=O)Nc1c(C)cc(C)cc1C. The monoisotopic (exact) mass is 425 g/mol. The summed E-state index contributed by atoms with van der Waals surface area (Å²) in [5, 5.41) is 8.57. The van der Waals surface area contributed by atoms with Gasteiger partial charge in [-0.05, 0) is 70.0 Å². The minimum Gasteiger partial charge on any atom is -0.326 e. The van der Waals surface area contributed by atoms with E-state index < -0.39 is 6.04 Å². The minimum absolute atomic E-state index is 0.112. The predicted octanol–water partition coefficient (Wildman–Crippen LogP) is 2.44. The van der Waals surface area contributed by atoms with Gasteiger partial charge in [0.25, 0.3) is 11.8 Å². The Morgan fingerprint density at radius 3 is 1.90 bits per heavy atom. The molecule has 1 unspecified atom stereocenters. The molecule has 2 aromatic carbocycles. The number of aryl methyl sites for hydroxylation is 3. The summed E-state index contributed by atoms with van der Waals surface area (Å²) in [7, 11) is 0. The van der Waals surface area contributed by atoms with Crippen molar-refractivity contribution < 1.29 is 19.3 Å². The molecule has 7 heteroatoms. The van der Waals surface area contributed by atoms with Gasteiger partial charge >= 0.3 is 0 Å². The fourth-order valence-corrected chi connectivity index (χ4v) is 3.63. The van der Waals surface area contributed by atoms with Crippen LogP contribution in [0.5, 0.6) is 0 Å². The molecule has 166 valence electrons. The molecule has 0 radical (unpaired) electrons. The maximum absolute atomic E-state index is 12.9. The van der Waals surface area contributed by atoms with Gasteiger partial charge in [-0.25, -0.2) is 0 Å². The Kier molecular flexibility index (Phi) is 8.33. The maximum Gasteiger partial charge on any atom is 0.282 e. The van der Waals surface area contributed by atoms with Crippen molar-refractivity contribution in [3.05, 3.63) is 53.1 Å². The topological polar surface area (TPSA) is 91.7 Å². The normalized spacial score (nSPS) is 12.6. The van der Waals surface area contributed by atoms with Gasteiger partial charge in [0.15, 0.2) is 12.6 Å². The van der Waals surface area contributed by atoms with E-state index in [0.29, 0.717) is 17.9 Å². The van der Waals surface area contributed by atoms with Gasteiger partial charge in [-0.1, -0.05) is 17.7 Å². The largest absolute Gasteiger partial charge is 0.326 e. The van der Waals surface area contributed by atoms with Crippen molar-refractivity contribution in [2.75, 3.05) is 29.0 Å². The molecule has 0 heterocycles. The third-order valence-electron chi connectivity index (χ3n) is 5.26. The van der Waals surface area contributed by atoms with Crippen LogP contribution in [0.25, 0.3) is 0 Å². The van der Waals surface area contributed by atoms with Crippen LogP contribution in [-0.2, 0) is 14.4 Å². The van der Waals surface area contributed by atoms with Gasteiger partial charge in [0.1, 0.15) is 0 Å². The first-order chi connectivity index (χ1) is 14.6. The second kappa shape index (κ2) is 10.7. The van der Waals surface area contributed by atoms with E-state index in [-0.39, 0.29) is 24.3 Å². The van der Waals surface area contributed by atoms with Crippen LogP contribution in [0.15, 0.2) is 36.4 Å². The van der Waals surface area contributed by atoms with Crippen LogP contribution >= 0.6 is 0 Å². The Morgan fingerprint density at radius 1 is 0.903 bits per heavy atom. The van der Waals surface area contributed by atoms with Crippen LogP contribution < -0.4 is 20.9 Å². The van der Waals surface area contributed by atoms with E-state index in [4.69, 9.17) is 0 Å². The molecular weight excluding hydrogens is 392 g/mol. The second-order valence-corrected chi connectivity index (χ2v) is 7.98. The summed E-state index contributed by atoms with van der Waals surface area (Å²) in [5.41, 5.74) is 5.34. The number of carbonyl (C=O) groups is 3. The van der Waals surface area contributed by atoms with Crippen molar-refractivity contribution in [3.63, 3.8) is 0 Å². The van der Waals surface area contributed by atoms with E-state index in [9.17, 15) is 14.4 Å². The van der Waals surface area contributed by atoms with E-state index >= 15 is 0 Å². The second-order valence-electron chi connectivity index (χ2n) is 7.98. The van der Waals surface area contributed by atoms with E-state index in [0.717, 1.165) is 27.3 Å². The molecule has 7 nitrogen and oxygen atoms in total. The lowest BCUT2D eigenvalue weighted by atomic mass is 10.0. The number of benzene rings is 2. The van der Waals surface area contributed by atoms with Crippen molar-refractivity contribution in [1.82, 2.24) is 0 Å². The number of hydrogen-bond donors (Lipinski definition) is 4. The number of rotatable bonds is 8.